The van der Waals surface area contributed by atoms with E-state index < -0.39 is 18.3 Å². The van der Waals surface area contributed by atoms with Gasteiger partial charge in [0.2, 0.25) is 5.89 Å². The molecule has 0 saturated heterocycles. The third-order valence-corrected chi connectivity index (χ3v) is 10.9. The Morgan fingerprint density at radius 1 is 1.15 bits per heavy atom. The van der Waals surface area contributed by atoms with Gasteiger partial charge in [0.25, 0.3) is 0 Å². The highest BCUT2D eigenvalue weighted by Crippen LogP contribution is 2.60. The fourth-order valence-corrected chi connectivity index (χ4v) is 8.18. The van der Waals surface area contributed by atoms with E-state index in [9.17, 15) is 15.3 Å². The highest BCUT2D eigenvalue weighted by Gasteiger charge is 2.54. The number of rotatable bonds is 10. The van der Waals surface area contributed by atoms with E-state index in [-0.39, 0.29) is 10.8 Å². The average Bonchev–Trinajstić information content (AvgIpc) is 3.46. The zero-order valence-electron chi connectivity index (χ0n) is 24.9. The lowest BCUT2D eigenvalue weighted by Gasteiger charge is -2.44. The van der Waals surface area contributed by atoms with Crippen LogP contribution in [0.15, 0.2) is 58.2 Å². The van der Waals surface area contributed by atoms with Crippen LogP contribution < -0.4 is 0 Å². The Labute approximate surface area is 241 Å². The number of aliphatic hydroxyl groups is 3. The van der Waals surface area contributed by atoms with Crippen molar-refractivity contribution < 1.29 is 19.7 Å². The normalized spacial score (nSPS) is 35.4. The first kappa shape index (κ1) is 29.5. The molecule has 0 aromatic carbocycles. The molecule has 1 heterocycles. The van der Waals surface area contributed by atoms with Gasteiger partial charge in [0.15, 0.2) is 0 Å². The molecule has 5 rings (SSSR count). The zero-order valence-corrected chi connectivity index (χ0v) is 24.9. The first-order valence-corrected chi connectivity index (χ1v) is 15.9. The maximum absolute atomic E-state index is 11.3. The van der Waals surface area contributed by atoms with Crippen LogP contribution in [-0.2, 0) is 11.8 Å². The van der Waals surface area contributed by atoms with Crippen LogP contribution in [0.1, 0.15) is 109 Å². The summed E-state index contributed by atoms with van der Waals surface area (Å²) in [5, 5.41) is 31.6. The third kappa shape index (κ3) is 5.84. The minimum Gasteiger partial charge on any atom is -0.445 e. The fourth-order valence-electron chi connectivity index (χ4n) is 8.18. The van der Waals surface area contributed by atoms with Crippen LogP contribution in [0.25, 0.3) is 0 Å². The number of nitrogens with zero attached hydrogens (tertiary/aromatic N) is 1. The van der Waals surface area contributed by atoms with Crippen molar-refractivity contribution in [3.8, 4) is 0 Å². The molecule has 40 heavy (non-hydrogen) atoms. The molecular weight excluding hydrogens is 498 g/mol. The van der Waals surface area contributed by atoms with Gasteiger partial charge in [-0.3, -0.25) is 0 Å². The lowest BCUT2D eigenvalue weighted by Crippen LogP contribution is -2.35. The summed E-state index contributed by atoms with van der Waals surface area (Å²) >= 11 is 0. The zero-order chi connectivity index (χ0) is 28.5. The molecule has 0 unspecified atom stereocenters. The summed E-state index contributed by atoms with van der Waals surface area (Å²) in [5.41, 5.74) is 3.15. The van der Waals surface area contributed by atoms with Gasteiger partial charge in [-0.05, 0) is 92.1 Å². The maximum atomic E-state index is 11.3. The molecule has 5 nitrogen and oxygen atoms in total. The van der Waals surface area contributed by atoms with Gasteiger partial charge >= 0.3 is 0 Å². The number of fused-ring (bicyclic) bond motifs is 1. The molecule has 0 amide bonds. The molecule has 4 saturated carbocycles. The summed E-state index contributed by atoms with van der Waals surface area (Å²) in [6.45, 7) is 11.1. The highest BCUT2D eigenvalue weighted by molar-refractivity contribution is 5.38. The maximum Gasteiger partial charge on any atom is 0.203 e. The second-order valence-electron chi connectivity index (χ2n) is 13.6. The van der Waals surface area contributed by atoms with Crippen molar-refractivity contribution in [1.29, 1.82) is 0 Å². The Morgan fingerprint density at radius 2 is 1.95 bits per heavy atom. The molecule has 3 N–H and O–H groups in total. The minimum absolute atomic E-state index is 0.243. The fraction of sp³-hybridized carbons (Fsp3) is 0.686. The van der Waals surface area contributed by atoms with Crippen molar-refractivity contribution >= 4 is 0 Å². The van der Waals surface area contributed by atoms with Crippen LogP contribution in [0.4, 0.5) is 0 Å². The van der Waals surface area contributed by atoms with Crippen LogP contribution in [0, 0.1) is 23.2 Å². The van der Waals surface area contributed by atoms with Crippen LogP contribution in [0.3, 0.4) is 0 Å². The quantitative estimate of drug-likeness (QED) is 0.213. The molecule has 7 atom stereocenters. The van der Waals surface area contributed by atoms with Gasteiger partial charge in [-0.2, -0.15) is 0 Å². The largest absolute Gasteiger partial charge is 0.445 e. The van der Waals surface area contributed by atoms with E-state index in [0.717, 1.165) is 49.0 Å². The third-order valence-electron chi connectivity index (χ3n) is 10.9. The highest BCUT2D eigenvalue weighted by atomic mass is 16.4. The predicted octanol–water partition coefficient (Wildman–Crippen LogP) is 7.13. The number of hydrogen-bond acceptors (Lipinski definition) is 5. The van der Waals surface area contributed by atoms with Gasteiger partial charge in [0, 0.05) is 12.8 Å². The number of aromatic nitrogens is 1. The lowest BCUT2D eigenvalue weighted by molar-refractivity contribution is 0.0862. The van der Waals surface area contributed by atoms with Gasteiger partial charge in [-0.15, -0.1) is 0 Å². The van der Waals surface area contributed by atoms with E-state index in [1.54, 1.807) is 0 Å². The molecule has 1 aromatic rings. The lowest BCUT2D eigenvalue weighted by atomic mass is 9.61. The predicted molar refractivity (Wildman–Crippen MR) is 160 cm³/mol. The van der Waals surface area contributed by atoms with Crippen LogP contribution in [0.5, 0.6) is 0 Å². The first-order chi connectivity index (χ1) is 19.2. The summed E-state index contributed by atoms with van der Waals surface area (Å²) in [6, 6.07) is 0. The minimum atomic E-state index is -0.643. The van der Waals surface area contributed by atoms with Crippen LogP contribution in [0.2, 0.25) is 0 Å². The van der Waals surface area contributed by atoms with E-state index in [2.05, 4.69) is 50.6 Å². The van der Waals surface area contributed by atoms with E-state index in [1.807, 2.05) is 12.3 Å². The summed E-state index contributed by atoms with van der Waals surface area (Å²) in [7, 11) is 0. The topological polar surface area (TPSA) is 86.7 Å². The molecule has 0 aliphatic heterocycles. The summed E-state index contributed by atoms with van der Waals surface area (Å²) in [6.07, 6.45) is 22.1. The smallest absolute Gasteiger partial charge is 0.203 e. The number of aryl methyl sites for hydroxylation is 1. The van der Waals surface area contributed by atoms with Gasteiger partial charge < -0.3 is 19.7 Å². The van der Waals surface area contributed by atoms with Crippen molar-refractivity contribution in [1.82, 2.24) is 4.98 Å². The first-order valence-electron chi connectivity index (χ1n) is 15.9. The van der Waals surface area contributed by atoms with Crippen molar-refractivity contribution in [2.75, 3.05) is 0 Å². The Bertz CT molecular complexity index is 1140. The van der Waals surface area contributed by atoms with Crippen LogP contribution in [-0.4, -0.2) is 38.6 Å². The average molecular weight is 550 g/mol. The number of hydrogen-bond donors (Lipinski definition) is 3. The van der Waals surface area contributed by atoms with Gasteiger partial charge in [-0.1, -0.05) is 70.1 Å². The second kappa shape index (κ2) is 12.1. The van der Waals surface area contributed by atoms with Gasteiger partial charge in [0.05, 0.1) is 29.9 Å². The Kier molecular flexibility index (Phi) is 8.94. The molecule has 5 heteroatoms. The van der Waals surface area contributed by atoms with Crippen molar-refractivity contribution in [2.45, 2.75) is 128 Å². The number of oxazole rings is 1. The Balaban J connectivity index is 1.24. The summed E-state index contributed by atoms with van der Waals surface area (Å²) in [5.74, 6) is 3.18. The SMILES string of the molecule is C=C1C(=CC=C2CCC[C@]3(C)[C@@H]([C@@H](C)C=C[C@H](O)C4(c5ncc(CCCCC)o5)CC4)CC[C@@H]23)C[C@@H](O)C[C@@H]1O. The van der Waals surface area contributed by atoms with Gasteiger partial charge in [0.1, 0.15) is 5.76 Å². The summed E-state index contributed by atoms with van der Waals surface area (Å²) in [4.78, 5) is 4.59. The molecule has 4 aliphatic rings. The standard InChI is InChI=1S/C35H51NO4/c1-5-6-7-10-28-22-36-33(40-28)35(18-19-35)32(39)16-11-23(2)29-14-15-30-25(9-8-17-34(29,30)4)12-13-26-20-27(37)21-31(38)24(26)3/h11-13,16,22-23,27,29-32,37-39H,3,5-10,14-15,17-21H2,1-2,4H3/t23-,27+,29+,30-,31-,32-,34+/m0/s1. The number of allylic oxidation sites excluding steroid dienone is 4. The second-order valence-corrected chi connectivity index (χ2v) is 13.6. The monoisotopic (exact) mass is 549 g/mol. The van der Waals surface area contributed by atoms with E-state index >= 15 is 0 Å². The molecular formula is C35H51NO4. The molecule has 0 radical (unpaired) electrons. The van der Waals surface area contributed by atoms with Crippen molar-refractivity contribution in [3.63, 3.8) is 0 Å². The Hall–Kier alpha value is -1.95. The van der Waals surface area contributed by atoms with E-state index in [4.69, 9.17) is 4.42 Å². The molecule has 0 spiro atoms. The van der Waals surface area contributed by atoms with Gasteiger partial charge in [-0.25, -0.2) is 4.98 Å². The molecule has 4 aliphatic carbocycles. The van der Waals surface area contributed by atoms with E-state index in [1.165, 1.54) is 44.1 Å². The number of unbranched alkanes of at least 4 members (excludes halogenated alkanes) is 2. The van der Waals surface area contributed by atoms with Crippen LogP contribution >= 0.6 is 0 Å². The molecule has 220 valence electrons. The molecule has 1 aromatic heterocycles. The Morgan fingerprint density at radius 3 is 2.70 bits per heavy atom. The van der Waals surface area contributed by atoms with Crippen molar-refractivity contribution in [3.05, 3.63) is 65.5 Å². The van der Waals surface area contributed by atoms with Crippen molar-refractivity contribution in [2.24, 2.45) is 23.2 Å². The molecule has 0 bridgehead atoms. The molecule has 4 fully saturated rings. The summed E-state index contributed by atoms with van der Waals surface area (Å²) < 4.78 is 6.12. The van der Waals surface area contributed by atoms with E-state index in [0.29, 0.717) is 36.5 Å². The number of aliphatic hydroxyl groups excluding tert-OH is 3.